The molecule has 0 rings (SSSR count). The molecule has 0 spiro atoms. The lowest BCUT2D eigenvalue weighted by Crippen LogP contribution is -2.50. The van der Waals surface area contributed by atoms with E-state index in [0.29, 0.717) is 12.8 Å². The summed E-state index contributed by atoms with van der Waals surface area (Å²) in [5.41, 5.74) is 0. The van der Waals surface area contributed by atoms with E-state index in [1.807, 2.05) is 0 Å². The second-order valence-electron chi connectivity index (χ2n) is 18.4. The molecule has 0 aromatic rings. The standard InChI is InChI=1S/C53H105NO4/c1-3-5-7-9-11-13-15-17-19-21-23-25-26-27-28-29-31-33-35-37-39-41-43-45-47-51(56)53(58)50(49-55)54-52(57)48-46-44-42-40-38-36-34-32-30-24-22-20-18-16-14-12-10-8-6-4-2/h39,41,50-51,53,55-56,58H,3-38,40,42-49H2,1-2H3,(H,54,57)/b41-39+. The van der Waals surface area contributed by atoms with Crippen molar-refractivity contribution in [2.45, 2.75) is 315 Å². The van der Waals surface area contributed by atoms with Gasteiger partial charge in [-0.3, -0.25) is 4.79 Å². The second kappa shape index (κ2) is 48.8. The number of allylic oxidation sites excluding steroid dienone is 2. The van der Waals surface area contributed by atoms with Crippen LogP contribution in [0.15, 0.2) is 12.2 Å². The molecule has 3 unspecified atom stereocenters. The zero-order valence-electron chi connectivity index (χ0n) is 39.5. The second-order valence-corrected chi connectivity index (χ2v) is 18.4. The van der Waals surface area contributed by atoms with Gasteiger partial charge in [0.1, 0.15) is 6.10 Å². The number of unbranched alkanes of at least 4 members (excludes halogenated alkanes) is 39. The number of nitrogens with one attached hydrogen (secondary N) is 1. The molecule has 346 valence electrons. The molecule has 0 saturated carbocycles. The first-order valence-electron chi connectivity index (χ1n) is 26.5. The molecule has 0 bridgehead atoms. The van der Waals surface area contributed by atoms with Crippen LogP contribution in [0.25, 0.3) is 0 Å². The van der Waals surface area contributed by atoms with Crippen LogP contribution >= 0.6 is 0 Å². The number of aliphatic hydroxyl groups is 3. The SMILES string of the molecule is CCCCCCCCCCCCCCCCCCCCC/C=C/CCCC(O)C(O)C(CO)NC(=O)CCCCCCCCCCCCCCCCCCCCCC. The molecule has 0 aromatic heterocycles. The van der Waals surface area contributed by atoms with Gasteiger partial charge < -0.3 is 20.6 Å². The number of carbonyl (C=O) groups excluding carboxylic acids is 1. The summed E-state index contributed by atoms with van der Waals surface area (Å²) in [4.78, 5) is 12.5. The summed E-state index contributed by atoms with van der Waals surface area (Å²) in [6.07, 6.45) is 59.3. The Bertz CT molecular complexity index is 818. The van der Waals surface area contributed by atoms with Gasteiger partial charge in [-0.1, -0.05) is 264 Å². The minimum Gasteiger partial charge on any atom is -0.394 e. The molecule has 5 heteroatoms. The smallest absolute Gasteiger partial charge is 0.220 e. The van der Waals surface area contributed by atoms with E-state index in [0.717, 1.165) is 38.5 Å². The molecule has 0 aliphatic rings. The number of carbonyl (C=O) groups is 1. The molecule has 4 N–H and O–H groups in total. The lowest BCUT2D eigenvalue weighted by atomic mass is 10.0. The maximum absolute atomic E-state index is 12.5. The van der Waals surface area contributed by atoms with Crippen LogP contribution in [0.3, 0.4) is 0 Å². The van der Waals surface area contributed by atoms with E-state index in [9.17, 15) is 20.1 Å². The number of hydrogen-bond donors (Lipinski definition) is 4. The Labute approximate surface area is 363 Å². The Morgan fingerprint density at radius 3 is 1.00 bits per heavy atom. The van der Waals surface area contributed by atoms with Crippen LogP contribution in [0, 0.1) is 0 Å². The lowest BCUT2D eigenvalue weighted by Gasteiger charge is -2.26. The van der Waals surface area contributed by atoms with E-state index in [2.05, 4.69) is 31.3 Å². The molecule has 5 nitrogen and oxygen atoms in total. The van der Waals surface area contributed by atoms with Crippen molar-refractivity contribution in [2.75, 3.05) is 6.61 Å². The first kappa shape index (κ1) is 57.1. The van der Waals surface area contributed by atoms with E-state index in [4.69, 9.17) is 0 Å². The molecule has 0 aliphatic carbocycles. The van der Waals surface area contributed by atoms with Gasteiger partial charge >= 0.3 is 0 Å². The molecule has 0 aromatic carbocycles. The number of hydrogen-bond acceptors (Lipinski definition) is 4. The van der Waals surface area contributed by atoms with Gasteiger partial charge in [-0.05, 0) is 38.5 Å². The minimum atomic E-state index is -1.16. The highest BCUT2D eigenvalue weighted by Gasteiger charge is 2.26. The fourth-order valence-electron chi connectivity index (χ4n) is 8.52. The van der Waals surface area contributed by atoms with Crippen molar-refractivity contribution in [1.29, 1.82) is 0 Å². The molecular formula is C53H105NO4. The van der Waals surface area contributed by atoms with Crippen molar-refractivity contribution in [3.05, 3.63) is 12.2 Å². The first-order valence-corrected chi connectivity index (χ1v) is 26.5. The van der Waals surface area contributed by atoms with E-state index in [1.165, 1.54) is 231 Å². The van der Waals surface area contributed by atoms with Gasteiger partial charge in [0.15, 0.2) is 0 Å². The Balaban J connectivity index is 3.56. The van der Waals surface area contributed by atoms with Crippen LogP contribution in [0.5, 0.6) is 0 Å². The highest BCUT2D eigenvalue weighted by atomic mass is 16.3. The summed E-state index contributed by atoms with van der Waals surface area (Å²) in [7, 11) is 0. The zero-order chi connectivity index (χ0) is 42.3. The van der Waals surface area contributed by atoms with Gasteiger partial charge in [0, 0.05) is 6.42 Å². The van der Waals surface area contributed by atoms with Crippen LogP contribution in [-0.4, -0.2) is 46.1 Å². The molecule has 58 heavy (non-hydrogen) atoms. The van der Waals surface area contributed by atoms with Crippen LogP contribution < -0.4 is 5.32 Å². The van der Waals surface area contributed by atoms with E-state index < -0.39 is 18.2 Å². The van der Waals surface area contributed by atoms with Gasteiger partial charge in [0.2, 0.25) is 5.91 Å². The maximum atomic E-state index is 12.5. The van der Waals surface area contributed by atoms with Gasteiger partial charge in [-0.25, -0.2) is 0 Å². The molecule has 0 fully saturated rings. The van der Waals surface area contributed by atoms with Gasteiger partial charge in [0.05, 0.1) is 18.8 Å². The Kier molecular flexibility index (Phi) is 48.0. The number of rotatable bonds is 49. The summed E-state index contributed by atoms with van der Waals surface area (Å²) in [6.45, 7) is 4.21. The average Bonchev–Trinajstić information content (AvgIpc) is 3.23. The van der Waals surface area contributed by atoms with Crippen molar-refractivity contribution >= 4 is 5.91 Å². The number of aliphatic hydroxyl groups excluding tert-OH is 3. The van der Waals surface area contributed by atoms with Gasteiger partial charge in [-0.15, -0.1) is 0 Å². The minimum absolute atomic E-state index is 0.148. The Morgan fingerprint density at radius 2 is 0.690 bits per heavy atom. The average molecular weight is 820 g/mol. The third kappa shape index (κ3) is 43.2. The molecular weight excluding hydrogens is 715 g/mol. The van der Waals surface area contributed by atoms with Gasteiger partial charge in [0.25, 0.3) is 0 Å². The van der Waals surface area contributed by atoms with Crippen LogP contribution in [0.1, 0.15) is 296 Å². The fourth-order valence-corrected chi connectivity index (χ4v) is 8.52. The highest BCUT2D eigenvalue weighted by molar-refractivity contribution is 5.76. The topological polar surface area (TPSA) is 89.8 Å². The third-order valence-electron chi connectivity index (χ3n) is 12.6. The van der Waals surface area contributed by atoms with Crippen molar-refractivity contribution in [3.8, 4) is 0 Å². The maximum Gasteiger partial charge on any atom is 0.220 e. The van der Waals surface area contributed by atoms with E-state index in [-0.39, 0.29) is 12.5 Å². The van der Waals surface area contributed by atoms with Crippen LogP contribution in [-0.2, 0) is 4.79 Å². The van der Waals surface area contributed by atoms with Crippen molar-refractivity contribution in [2.24, 2.45) is 0 Å². The highest BCUT2D eigenvalue weighted by Crippen LogP contribution is 2.17. The molecule has 0 radical (unpaired) electrons. The first-order chi connectivity index (χ1) is 28.6. The predicted octanol–water partition coefficient (Wildman–Crippen LogP) is 15.9. The number of amides is 1. The molecule has 0 aliphatic heterocycles. The van der Waals surface area contributed by atoms with E-state index in [1.54, 1.807) is 0 Å². The van der Waals surface area contributed by atoms with E-state index >= 15 is 0 Å². The summed E-state index contributed by atoms with van der Waals surface area (Å²) >= 11 is 0. The fraction of sp³-hybridized carbons (Fsp3) is 0.943. The normalized spacial score (nSPS) is 13.4. The summed E-state index contributed by atoms with van der Waals surface area (Å²) < 4.78 is 0. The van der Waals surface area contributed by atoms with Gasteiger partial charge in [-0.2, -0.15) is 0 Å². The Morgan fingerprint density at radius 1 is 0.414 bits per heavy atom. The summed E-state index contributed by atoms with van der Waals surface area (Å²) in [5.74, 6) is -0.148. The largest absolute Gasteiger partial charge is 0.394 e. The van der Waals surface area contributed by atoms with Crippen molar-refractivity contribution in [3.63, 3.8) is 0 Å². The molecule has 0 saturated heterocycles. The zero-order valence-corrected chi connectivity index (χ0v) is 39.5. The van der Waals surface area contributed by atoms with Crippen molar-refractivity contribution < 1.29 is 20.1 Å². The van der Waals surface area contributed by atoms with Crippen LogP contribution in [0.4, 0.5) is 0 Å². The molecule has 0 heterocycles. The molecule has 3 atom stereocenters. The quantitative estimate of drug-likeness (QED) is 0.0364. The third-order valence-corrected chi connectivity index (χ3v) is 12.6. The molecule has 1 amide bonds. The summed E-state index contributed by atoms with van der Waals surface area (Å²) in [6, 6.07) is -0.822. The van der Waals surface area contributed by atoms with Crippen molar-refractivity contribution in [1.82, 2.24) is 5.32 Å². The monoisotopic (exact) mass is 820 g/mol. The lowest BCUT2D eigenvalue weighted by molar-refractivity contribution is -0.124. The Hall–Kier alpha value is -0.910. The summed E-state index contributed by atoms with van der Waals surface area (Å²) in [5, 5.41) is 33.7. The van der Waals surface area contributed by atoms with Crippen LogP contribution in [0.2, 0.25) is 0 Å². The predicted molar refractivity (Wildman–Crippen MR) is 255 cm³/mol.